The van der Waals surface area contributed by atoms with Gasteiger partial charge in [-0.3, -0.25) is 9.59 Å². The zero-order valence-electron chi connectivity index (χ0n) is 18.7. The molecular formula is C25H24FN3O4S. The Labute approximate surface area is 197 Å². The Morgan fingerprint density at radius 2 is 1.71 bits per heavy atom. The minimum Gasteiger partial charge on any atom is -0.322 e. The van der Waals surface area contributed by atoms with Gasteiger partial charge in [-0.05, 0) is 74.4 Å². The SMILES string of the molecule is CC(C)NS(=O)(=O)c1ccc(F)c(C(=O)Nc2ccc(C(=O)N3CCc4ccccc43)cc2)c1. The number of carbonyl (C=O) groups is 2. The summed E-state index contributed by atoms with van der Waals surface area (Å²) in [6.45, 7) is 3.91. The highest BCUT2D eigenvalue weighted by atomic mass is 32.2. The van der Waals surface area contributed by atoms with E-state index in [0.717, 1.165) is 35.9 Å². The number of nitrogens with zero attached hydrogens (tertiary/aromatic N) is 1. The van der Waals surface area contributed by atoms with E-state index in [9.17, 15) is 22.4 Å². The summed E-state index contributed by atoms with van der Waals surface area (Å²) >= 11 is 0. The molecule has 1 aliphatic rings. The zero-order valence-corrected chi connectivity index (χ0v) is 19.5. The minimum absolute atomic E-state index is 0.149. The van der Waals surface area contributed by atoms with Gasteiger partial charge in [-0.1, -0.05) is 18.2 Å². The van der Waals surface area contributed by atoms with Crippen LogP contribution < -0.4 is 14.9 Å². The molecule has 176 valence electrons. The molecule has 34 heavy (non-hydrogen) atoms. The highest BCUT2D eigenvalue weighted by molar-refractivity contribution is 7.89. The fourth-order valence-electron chi connectivity index (χ4n) is 3.82. The maximum absolute atomic E-state index is 14.3. The van der Waals surface area contributed by atoms with E-state index in [-0.39, 0.29) is 16.8 Å². The van der Waals surface area contributed by atoms with E-state index in [4.69, 9.17) is 0 Å². The summed E-state index contributed by atoms with van der Waals surface area (Å²) in [5, 5.41) is 2.55. The Bertz CT molecular complexity index is 1350. The monoisotopic (exact) mass is 481 g/mol. The van der Waals surface area contributed by atoms with Crippen molar-refractivity contribution in [3.05, 3.63) is 89.2 Å². The van der Waals surface area contributed by atoms with E-state index in [1.54, 1.807) is 43.0 Å². The summed E-state index contributed by atoms with van der Waals surface area (Å²) in [6, 6.07) is 16.7. The van der Waals surface area contributed by atoms with Gasteiger partial charge in [0.25, 0.3) is 11.8 Å². The molecule has 2 N–H and O–H groups in total. The van der Waals surface area contributed by atoms with E-state index < -0.39 is 27.3 Å². The average molecular weight is 482 g/mol. The molecule has 0 spiro atoms. The van der Waals surface area contributed by atoms with E-state index >= 15 is 0 Å². The number of nitrogens with one attached hydrogen (secondary N) is 2. The first-order valence-electron chi connectivity index (χ1n) is 10.8. The van der Waals surface area contributed by atoms with Crippen LogP contribution in [0.3, 0.4) is 0 Å². The Morgan fingerprint density at radius 3 is 2.41 bits per heavy atom. The second-order valence-corrected chi connectivity index (χ2v) is 10.00. The molecule has 0 atom stereocenters. The molecule has 0 aromatic heterocycles. The smallest absolute Gasteiger partial charge is 0.258 e. The number of fused-ring (bicyclic) bond motifs is 1. The van der Waals surface area contributed by atoms with Gasteiger partial charge in [-0.2, -0.15) is 0 Å². The van der Waals surface area contributed by atoms with Crippen LogP contribution in [0.15, 0.2) is 71.6 Å². The fraction of sp³-hybridized carbons (Fsp3) is 0.200. The van der Waals surface area contributed by atoms with Crippen LogP contribution in [0, 0.1) is 5.82 Å². The first kappa shape index (κ1) is 23.6. The third-order valence-electron chi connectivity index (χ3n) is 5.41. The molecule has 0 fully saturated rings. The van der Waals surface area contributed by atoms with Crippen molar-refractivity contribution in [1.29, 1.82) is 0 Å². The maximum Gasteiger partial charge on any atom is 0.258 e. The minimum atomic E-state index is -3.89. The summed E-state index contributed by atoms with van der Waals surface area (Å²) in [5.74, 6) is -1.79. The molecule has 0 bridgehead atoms. The molecule has 0 aliphatic carbocycles. The number of sulfonamides is 1. The number of halogens is 1. The highest BCUT2D eigenvalue weighted by Crippen LogP contribution is 2.29. The van der Waals surface area contributed by atoms with Crippen LogP contribution in [-0.4, -0.2) is 32.8 Å². The molecule has 2 amide bonds. The maximum atomic E-state index is 14.3. The van der Waals surface area contributed by atoms with Gasteiger partial charge in [0.2, 0.25) is 10.0 Å². The van der Waals surface area contributed by atoms with Gasteiger partial charge in [0.05, 0.1) is 10.5 Å². The van der Waals surface area contributed by atoms with Gasteiger partial charge < -0.3 is 10.2 Å². The summed E-state index contributed by atoms with van der Waals surface area (Å²) in [6.07, 6.45) is 0.795. The van der Waals surface area contributed by atoms with Crippen molar-refractivity contribution < 1.29 is 22.4 Å². The molecule has 9 heteroatoms. The van der Waals surface area contributed by atoms with E-state index in [1.165, 1.54) is 0 Å². The van der Waals surface area contributed by atoms with Crippen molar-refractivity contribution in [1.82, 2.24) is 4.72 Å². The Hall–Kier alpha value is -3.56. The van der Waals surface area contributed by atoms with Crippen molar-refractivity contribution in [2.24, 2.45) is 0 Å². The number of hydrogen-bond donors (Lipinski definition) is 2. The summed E-state index contributed by atoms with van der Waals surface area (Å²) < 4.78 is 41.5. The predicted octanol–water partition coefficient (Wildman–Crippen LogP) is 3.97. The summed E-state index contributed by atoms with van der Waals surface area (Å²) in [4.78, 5) is 27.1. The molecule has 3 aromatic carbocycles. The topological polar surface area (TPSA) is 95.6 Å². The number of carbonyl (C=O) groups excluding carboxylic acids is 2. The van der Waals surface area contributed by atoms with Crippen molar-refractivity contribution >= 4 is 33.2 Å². The lowest BCUT2D eigenvalue weighted by Crippen LogP contribution is -2.30. The fourth-order valence-corrected chi connectivity index (χ4v) is 5.10. The van der Waals surface area contributed by atoms with Crippen LogP contribution in [0.5, 0.6) is 0 Å². The highest BCUT2D eigenvalue weighted by Gasteiger charge is 2.25. The molecule has 0 saturated heterocycles. The van der Waals surface area contributed by atoms with Crippen LogP contribution in [0.2, 0.25) is 0 Å². The van der Waals surface area contributed by atoms with E-state index in [0.29, 0.717) is 17.8 Å². The molecule has 0 unspecified atom stereocenters. The molecule has 4 rings (SSSR count). The second-order valence-electron chi connectivity index (χ2n) is 8.28. The van der Waals surface area contributed by atoms with E-state index in [1.807, 2.05) is 24.3 Å². The standard InChI is InChI=1S/C25H24FN3O4S/c1-16(2)28-34(32,33)20-11-12-22(26)21(15-20)24(30)27-19-9-7-18(8-10-19)25(31)29-14-13-17-5-3-4-6-23(17)29/h3-12,15-16,28H,13-14H2,1-2H3,(H,27,30). The van der Waals surface area contributed by atoms with Gasteiger partial charge in [0.15, 0.2) is 0 Å². The number of hydrogen-bond acceptors (Lipinski definition) is 4. The van der Waals surface area contributed by atoms with Gasteiger partial charge >= 0.3 is 0 Å². The number of anilines is 2. The average Bonchev–Trinajstić information content (AvgIpc) is 3.22. The van der Waals surface area contributed by atoms with Gasteiger partial charge in [0, 0.05) is 29.5 Å². The molecule has 7 nitrogen and oxygen atoms in total. The lowest BCUT2D eigenvalue weighted by molar-refractivity contribution is 0.0988. The Morgan fingerprint density at radius 1 is 1.00 bits per heavy atom. The first-order chi connectivity index (χ1) is 16.2. The zero-order chi connectivity index (χ0) is 24.5. The van der Waals surface area contributed by atoms with Crippen LogP contribution in [0.4, 0.5) is 15.8 Å². The van der Waals surface area contributed by atoms with Crippen molar-refractivity contribution in [2.75, 3.05) is 16.8 Å². The Kier molecular flexibility index (Phi) is 6.49. The lowest BCUT2D eigenvalue weighted by atomic mass is 10.1. The van der Waals surface area contributed by atoms with Gasteiger partial charge in [0.1, 0.15) is 5.82 Å². The lowest BCUT2D eigenvalue weighted by Gasteiger charge is -2.17. The third kappa shape index (κ3) is 4.85. The molecule has 1 aliphatic heterocycles. The molecule has 0 radical (unpaired) electrons. The summed E-state index contributed by atoms with van der Waals surface area (Å²) in [5.41, 5.74) is 2.40. The van der Waals surface area contributed by atoms with Crippen LogP contribution in [0.1, 0.15) is 40.1 Å². The van der Waals surface area contributed by atoms with Crippen molar-refractivity contribution in [3.8, 4) is 0 Å². The predicted molar refractivity (Wildman–Crippen MR) is 128 cm³/mol. The van der Waals surface area contributed by atoms with E-state index in [2.05, 4.69) is 10.0 Å². The molecule has 0 saturated carbocycles. The van der Waals surface area contributed by atoms with Gasteiger partial charge in [-0.25, -0.2) is 17.5 Å². The third-order valence-corrected chi connectivity index (χ3v) is 7.06. The van der Waals surface area contributed by atoms with Crippen molar-refractivity contribution in [2.45, 2.75) is 31.2 Å². The normalized spacial score (nSPS) is 13.1. The second kappa shape index (κ2) is 9.36. The van der Waals surface area contributed by atoms with Gasteiger partial charge in [-0.15, -0.1) is 0 Å². The summed E-state index contributed by atoms with van der Waals surface area (Å²) in [7, 11) is -3.89. The number of benzene rings is 3. The van der Waals surface area contributed by atoms with Crippen molar-refractivity contribution in [3.63, 3.8) is 0 Å². The molecule has 1 heterocycles. The number of para-hydroxylation sites is 1. The van der Waals surface area contributed by atoms with Crippen LogP contribution in [-0.2, 0) is 16.4 Å². The van der Waals surface area contributed by atoms with Crippen LogP contribution in [0.25, 0.3) is 0 Å². The molecular weight excluding hydrogens is 457 g/mol. The Balaban J connectivity index is 1.50. The van der Waals surface area contributed by atoms with Crippen LogP contribution >= 0.6 is 0 Å². The largest absolute Gasteiger partial charge is 0.322 e. The number of rotatable bonds is 6. The molecule has 3 aromatic rings. The quantitative estimate of drug-likeness (QED) is 0.557. The number of amides is 2. The first-order valence-corrected chi connectivity index (χ1v) is 12.3.